The zero-order valence-corrected chi connectivity index (χ0v) is 24.5. The van der Waals surface area contributed by atoms with Crippen molar-refractivity contribution in [2.75, 3.05) is 5.32 Å². The fourth-order valence-corrected chi connectivity index (χ4v) is 5.37. The average molecular weight is 595 g/mol. The molecule has 224 valence electrons. The lowest BCUT2D eigenvalue weighted by Gasteiger charge is -2.22. The molecule has 44 heavy (non-hydrogen) atoms. The molecule has 0 saturated carbocycles. The Hall–Kier alpha value is -5.26. The molecule has 0 saturated heterocycles. The number of anilines is 1. The van der Waals surface area contributed by atoms with Crippen molar-refractivity contribution in [3.8, 4) is 16.8 Å². The molecule has 2 atom stereocenters. The highest BCUT2D eigenvalue weighted by Crippen LogP contribution is 2.33. The SMILES string of the molecule is Cc1nnc(Cc2ccc3c(c2)NC(=O)[C@@H](C)CCC[C@H](NC(=O)c2nnn(-c4ccccc4F)c2C)c2cc-3ccn2)o1. The number of halogens is 1. The highest BCUT2D eigenvalue weighted by molar-refractivity contribution is 5.97. The van der Waals surface area contributed by atoms with E-state index in [0.717, 1.165) is 16.7 Å². The summed E-state index contributed by atoms with van der Waals surface area (Å²) in [5.41, 5.74) is 4.60. The van der Waals surface area contributed by atoms with Gasteiger partial charge >= 0.3 is 0 Å². The predicted octanol–water partition coefficient (Wildman–Crippen LogP) is 5.29. The van der Waals surface area contributed by atoms with Crippen molar-refractivity contribution in [2.45, 2.75) is 52.5 Å². The van der Waals surface area contributed by atoms with Crippen molar-refractivity contribution >= 4 is 17.5 Å². The number of amides is 2. The molecule has 12 heteroatoms. The first-order valence-corrected chi connectivity index (χ1v) is 14.4. The van der Waals surface area contributed by atoms with Gasteiger partial charge in [0.2, 0.25) is 17.7 Å². The number of aromatic nitrogens is 6. The zero-order chi connectivity index (χ0) is 30.8. The van der Waals surface area contributed by atoms with Gasteiger partial charge in [-0.3, -0.25) is 14.6 Å². The van der Waals surface area contributed by atoms with E-state index in [-0.39, 0.29) is 23.2 Å². The largest absolute Gasteiger partial charge is 0.425 e. The van der Waals surface area contributed by atoms with Crippen LogP contribution in [0.1, 0.15) is 71.4 Å². The monoisotopic (exact) mass is 594 g/mol. The lowest BCUT2D eigenvalue weighted by Crippen LogP contribution is -2.30. The maximum Gasteiger partial charge on any atom is 0.274 e. The summed E-state index contributed by atoms with van der Waals surface area (Å²) >= 11 is 0. The Labute approximate surface area is 252 Å². The molecule has 3 aromatic heterocycles. The first-order chi connectivity index (χ1) is 21.3. The zero-order valence-electron chi connectivity index (χ0n) is 24.5. The third-order valence-electron chi connectivity index (χ3n) is 7.79. The van der Waals surface area contributed by atoms with Crippen molar-refractivity contribution in [1.82, 2.24) is 35.5 Å². The summed E-state index contributed by atoms with van der Waals surface area (Å²) in [5.74, 6) is -0.291. The van der Waals surface area contributed by atoms with Gasteiger partial charge in [-0.25, -0.2) is 9.07 Å². The van der Waals surface area contributed by atoms with Crippen molar-refractivity contribution in [1.29, 1.82) is 0 Å². The fourth-order valence-electron chi connectivity index (χ4n) is 5.37. The second-order valence-electron chi connectivity index (χ2n) is 11.0. The molecule has 5 aromatic rings. The van der Waals surface area contributed by atoms with Gasteiger partial charge in [-0.15, -0.1) is 15.3 Å². The van der Waals surface area contributed by atoms with Crippen LogP contribution in [0.25, 0.3) is 16.8 Å². The molecule has 0 spiro atoms. The lowest BCUT2D eigenvalue weighted by molar-refractivity contribution is -0.119. The van der Waals surface area contributed by atoms with Gasteiger partial charge in [0.1, 0.15) is 11.5 Å². The van der Waals surface area contributed by atoms with Gasteiger partial charge in [-0.2, -0.15) is 0 Å². The first kappa shape index (κ1) is 28.8. The Bertz CT molecular complexity index is 1850. The molecular weight excluding hydrogens is 563 g/mol. The predicted molar refractivity (Wildman–Crippen MR) is 159 cm³/mol. The molecular formula is C32H31FN8O3. The van der Waals surface area contributed by atoms with Gasteiger partial charge < -0.3 is 15.1 Å². The second kappa shape index (κ2) is 12.2. The maximum atomic E-state index is 14.4. The molecule has 0 fully saturated rings. The van der Waals surface area contributed by atoms with Crippen LogP contribution >= 0.6 is 0 Å². The van der Waals surface area contributed by atoms with Gasteiger partial charge in [0.05, 0.1) is 23.9 Å². The number of pyridine rings is 1. The molecule has 2 N–H and O–H groups in total. The molecule has 4 heterocycles. The number of benzene rings is 2. The molecule has 11 nitrogen and oxygen atoms in total. The molecule has 0 unspecified atom stereocenters. The van der Waals surface area contributed by atoms with Crippen LogP contribution in [0, 0.1) is 25.6 Å². The van der Waals surface area contributed by atoms with Crippen LogP contribution in [-0.4, -0.2) is 42.0 Å². The smallest absolute Gasteiger partial charge is 0.274 e. The van der Waals surface area contributed by atoms with Gasteiger partial charge in [0, 0.05) is 30.3 Å². The normalized spacial score (nSPS) is 16.8. The van der Waals surface area contributed by atoms with Crippen molar-refractivity contribution in [3.63, 3.8) is 0 Å². The molecule has 0 aliphatic carbocycles. The van der Waals surface area contributed by atoms with E-state index in [1.807, 2.05) is 37.3 Å². The highest BCUT2D eigenvalue weighted by Gasteiger charge is 2.25. The second-order valence-corrected chi connectivity index (χ2v) is 11.0. The average Bonchev–Trinajstić information content (AvgIpc) is 3.60. The standard InChI is InChI=1S/C32H31FN8O3/c1-18-7-6-9-25(35-32(43)30-19(2)41(40-39-30)28-10-5-4-8-24(28)33)27-17-22(13-14-34-27)23-12-11-21(15-26(23)36-31(18)42)16-29-38-37-20(3)44-29/h4-5,8,10-15,17-18,25H,6-7,9,16H2,1-3H3,(H,35,43)(H,36,42)/t18-,25-/m0/s1. The first-order valence-electron chi connectivity index (χ1n) is 14.4. The van der Waals surface area contributed by atoms with E-state index < -0.39 is 17.8 Å². The number of fused-ring (bicyclic) bond motifs is 4. The third kappa shape index (κ3) is 5.96. The van der Waals surface area contributed by atoms with E-state index in [9.17, 15) is 14.0 Å². The summed E-state index contributed by atoms with van der Waals surface area (Å²) in [6.45, 7) is 5.30. The Morgan fingerprint density at radius 1 is 1.09 bits per heavy atom. The molecule has 6 rings (SSSR count). The highest BCUT2D eigenvalue weighted by atomic mass is 19.1. The third-order valence-corrected chi connectivity index (χ3v) is 7.79. The molecule has 0 radical (unpaired) electrons. The summed E-state index contributed by atoms with van der Waals surface area (Å²) in [6.07, 6.45) is 3.94. The Morgan fingerprint density at radius 2 is 1.93 bits per heavy atom. The van der Waals surface area contributed by atoms with Crippen LogP contribution in [0.4, 0.5) is 10.1 Å². The number of hydrogen-bond donors (Lipinski definition) is 2. The van der Waals surface area contributed by atoms with Crippen LogP contribution in [0.15, 0.2) is 65.2 Å². The molecule has 1 aliphatic heterocycles. The van der Waals surface area contributed by atoms with Crippen LogP contribution in [0.5, 0.6) is 0 Å². The van der Waals surface area contributed by atoms with E-state index >= 15 is 0 Å². The summed E-state index contributed by atoms with van der Waals surface area (Å²) in [6, 6.07) is 15.3. The van der Waals surface area contributed by atoms with Crippen molar-refractivity contribution < 1.29 is 18.4 Å². The molecule has 1 aliphatic rings. The minimum atomic E-state index is -0.469. The van der Waals surface area contributed by atoms with E-state index in [0.29, 0.717) is 54.5 Å². The van der Waals surface area contributed by atoms with Crippen LogP contribution in [0.2, 0.25) is 0 Å². The van der Waals surface area contributed by atoms with E-state index in [1.54, 1.807) is 38.2 Å². The van der Waals surface area contributed by atoms with Crippen molar-refractivity contribution in [3.05, 3.63) is 101 Å². The van der Waals surface area contributed by atoms with Gasteiger partial charge in [-0.05, 0) is 61.2 Å². The number of rotatable bonds is 5. The maximum absolute atomic E-state index is 14.4. The summed E-state index contributed by atoms with van der Waals surface area (Å²) in [7, 11) is 0. The minimum Gasteiger partial charge on any atom is -0.425 e. The molecule has 2 bridgehead atoms. The number of carbonyl (C=O) groups excluding carboxylic acids is 2. The number of aryl methyl sites for hydroxylation is 1. The number of carbonyl (C=O) groups is 2. The lowest BCUT2D eigenvalue weighted by atomic mass is 9.94. The minimum absolute atomic E-state index is 0.0899. The Balaban J connectivity index is 1.32. The number of nitrogens with zero attached hydrogens (tertiary/aromatic N) is 6. The topological polar surface area (TPSA) is 141 Å². The van der Waals surface area contributed by atoms with E-state index in [1.165, 1.54) is 10.7 Å². The molecule has 2 aromatic carbocycles. The van der Waals surface area contributed by atoms with Gasteiger partial charge in [-0.1, -0.05) is 42.8 Å². The Morgan fingerprint density at radius 3 is 2.73 bits per heavy atom. The number of para-hydroxylation sites is 1. The molecule has 2 amide bonds. The van der Waals surface area contributed by atoms with Gasteiger partial charge in [0.15, 0.2) is 5.69 Å². The van der Waals surface area contributed by atoms with Crippen LogP contribution in [0.3, 0.4) is 0 Å². The van der Waals surface area contributed by atoms with Gasteiger partial charge in [0.25, 0.3) is 5.91 Å². The Kier molecular flexibility index (Phi) is 7.97. The van der Waals surface area contributed by atoms with E-state index in [2.05, 4.69) is 36.1 Å². The summed E-state index contributed by atoms with van der Waals surface area (Å²) in [4.78, 5) is 31.4. The van der Waals surface area contributed by atoms with Crippen molar-refractivity contribution in [2.24, 2.45) is 5.92 Å². The number of nitrogens with one attached hydrogen (secondary N) is 2. The number of hydrogen-bond acceptors (Lipinski definition) is 8. The quantitative estimate of drug-likeness (QED) is 0.280. The fraction of sp³-hybridized carbons (Fsp3) is 0.281. The summed E-state index contributed by atoms with van der Waals surface area (Å²) in [5, 5.41) is 22.3. The summed E-state index contributed by atoms with van der Waals surface area (Å²) < 4.78 is 21.3. The van der Waals surface area contributed by atoms with Crippen LogP contribution < -0.4 is 10.6 Å². The van der Waals surface area contributed by atoms with E-state index in [4.69, 9.17) is 4.42 Å². The van der Waals surface area contributed by atoms with Crippen LogP contribution in [-0.2, 0) is 11.2 Å².